The van der Waals surface area contributed by atoms with Gasteiger partial charge in [0.1, 0.15) is 0 Å². The number of aromatic nitrogens is 2. The largest absolute Gasteiger partial charge is 0.338 e. The Morgan fingerprint density at radius 2 is 2.00 bits per heavy atom. The summed E-state index contributed by atoms with van der Waals surface area (Å²) in [5.41, 5.74) is 1.33. The number of amides is 1. The fourth-order valence-electron chi connectivity index (χ4n) is 3.52. The normalized spacial score (nSPS) is 17.0. The van der Waals surface area contributed by atoms with Gasteiger partial charge in [-0.15, -0.1) is 0 Å². The predicted octanol–water partition coefficient (Wildman–Crippen LogP) is 6.31. The Kier molecular flexibility index (Phi) is 7.19. The maximum Gasteiger partial charge on any atom is 0.241 e. The molecule has 2 aromatic carbocycles. The summed E-state index contributed by atoms with van der Waals surface area (Å²) in [6, 6.07) is 10.8. The number of piperidine rings is 1. The molecule has 1 atom stereocenters. The van der Waals surface area contributed by atoms with E-state index in [0.717, 1.165) is 29.4 Å². The van der Waals surface area contributed by atoms with E-state index >= 15 is 0 Å². The van der Waals surface area contributed by atoms with Gasteiger partial charge in [0.15, 0.2) is 0 Å². The number of nitrogens with one attached hydrogen (secondary N) is 1. The Morgan fingerprint density at radius 3 is 2.81 bits per heavy atom. The number of rotatable bonds is 5. The minimum Gasteiger partial charge on any atom is -0.338 e. The number of nitrogens with zero attached hydrogens (tertiary/aromatic N) is 3. The molecule has 0 bridgehead atoms. The molecule has 1 aliphatic heterocycles. The van der Waals surface area contributed by atoms with Crippen molar-refractivity contribution in [1.82, 2.24) is 15.0 Å². The van der Waals surface area contributed by atoms with Crippen LogP contribution < -0.4 is 5.32 Å². The summed E-state index contributed by atoms with van der Waals surface area (Å²) in [5, 5.41) is 7.97. The van der Waals surface area contributed by atoms with E-state index in [9.17, 15) is 4.79 Å². The van der Waals surface area contributed by atoms with Gasteiger partial charge in [0, 0.05) is 16.6 Å². The van der Waals surface area contributed by atoms with Crippen LogP contribution in [0.15, 0.2) is 45.4 Å². The smallest absolute Gasteiger partial charge is 0.241 e. The van der Waals surface area contributed by atoms with Crippen molar-refractivity contribution in [3.8, 4) is 11.4 Å². The quantitative estimate of drug-likeness (QED) is 0.381. The van der Waals surface area contributed by atoms with Crippen LogP contribution in [0.25, 0.3) is 11.4 Å². The third-order valence-electron chi connectivity index (χ3n) is 5.05. The van der Waals surface area contributed by atoms with Crippen molar-refractivity contribution in [3.05, 3.63) is 61.8 Å². The average molecular weight is 545 g/mol. The zero-order valence-corrected chi connectivity index (χ0v) is 20.1. The summed E-state index contributed by atoms with van der Waals surface area (Å²) in [4.78, 5) is 19.4. The van der Waals surface area contributed by atoms with Crippen LogP contribution in [-0.2, 0) is 11.3 Å². The first-order valence-electron chi connectivity index (χ1n) is 9.65. The molecule has 1 amide bonds. The van der Waals surface area contributed by atoms with Crippen LogP contribution in [0.5, 0.6) is 0 Å². The third kappa shape index (κ3) is 5.59. The van der Waals surface area contributed by atoms with Gasteiger partial charge in [0.2, 0.25) is 17.6 Å². The molecule has 10 heteroatoms. The first kappa shape index (κ1) is 22.6. The molecule has 1 aromatic heterocycles. The van der Waals surface area contributed by atoms with Gasteiger partial charge < -0.3 is 9.84 Å². The van der Waals surface area contributed by atoms with E-state index in [1.807, 2.05) is 24.3 Å². The van der Waals surface area contributed by atoms with Crippen molar-refractivity contribution in [1.29, 1.82) is 0 Å². The fraction of sp³-hybridized carbons (Fsp3) is 0.286. The number of carbonyl (C=O) groups is 1. The molecule has 31 heavy (non-hydrogen) atoms. The van der Waals surface area contributed by atoms with Gasteiger partial charge in [-0.05, 0) is 43.7 Å². The predicted molar refractivity (Wildman–Crippen MR) is 126 cm³/mol. The molecule has 0 radical (unpaired) electrons. The summed E-state index contributed by atoms with van der Waals surface area (Å²) < 4.78 is 6.38. The Morgan fingerprint density at radius 1 is 1.19 bits per heavy atom. The molecule has 1 saturated heterocycles. The number of benzene rings is 2. The lowest BCUT2D eigenvalue weighted by Gasteiger charge is -2.31. The van der Waals surface area contributed by atoms with Crippen LogP contribution in [-0.4, -0.2) is 34.0 Å². The Bertz CT molecular complexity index is 1110. The molecule has 0 saturated carbocycles. The molecule has 1 aliphatic rings. The van der Waals surface area contributed by atoms with Gasteiger partial charge in [-0.2, -0.15) is 4.98 Å². The molecule has 1 unspecified atom stereocenters. The number of hydrogen-bond donors (Lipinski definition) is 1. The van der Waals surface area contributed by atoms with E-state index < -0.39 is 0 Å². The zero-order valence-electron chi connectivity index (χ0n) is 16.2. The molecule has 6 nitrogen and oxygen atoms in total. The standard InChI is InChI=1S/C21H18BrCl3N4O2/c22-14-5-1-3-12(7-14)20-27-19(31-28-20)11-29-6-2-4-13(10-29)21(30)26-18-9-16(24)15(23)8-17(18)25/h1,3,5,7-9,13H,2,4,6,10-11H2,(H,26,30). The highest BCUT2D eigenvalue weighted by atomic mass is 79.9. The van der Waals surface area contributed by atoms with E-state index in [-0.39, 0.29) is 11.8 Å². The van der Waals surface area contributed by atoms with Crippen molar-refractivity contribution in [2.75, 3.05) is 18.4 Å². The topological polar surface area (TPSA) is 71.3 Å². The van der Waals surface area contributed by atoms with Crippen LogP contribution >= 0.6 is 50.7 Å². The minimum absolute atomic E-state index is 0.106. The molecule has 0 aliphatic carbocycles. The second kappa shape index (κ2) is 9.88. The summed E-state index contributed by atoms with van der Waals surface area (Å²) in [7, 11) is 0. The number of halogens is 4. The maximum atomic E-state index is 12.8. The maximum absolute atomic E-state index is 12.8. The van der Waals surface area contributed by atoms with Crippen LogP contribution in [0.3, 0.4) is 0 Å². The molecule has 3 aromatic rings. The van der Waals surface area contributed by atoms with E-state index in [0.29, 0.717) is 45.6 Å². The monoisotopic (exact) mass is 542 g/mol. The summed E-state index contributed by atoms with van der Waals surface area (Å²) in [6.45, 7) is 1.92. The van der Waals surface area contributed by atoms with Crippen molar-refractivity contribution >= 4 is 62.3 Å². The molecule has 0 spiro atoms. The molecule has 4 rings (SSSR count). The Labute approximate surface area is 203 Å². The lowest BCUT2D eigenvalue weighted by atomic mass is 9.97. The highest BCUT2D eigenvalue weighted by Crippen LogP contribution is 2.33. The highest BCUT2D eigenvalue weighted by Gasteiger charge is 2.27. The number of likely N-dealkylation sites (tertiary alicyclic amines) is 1. The molecule has 2 heterocycles. The molecule has 1 fully saturated rings. The van der Waals surface area contributed by atoms with Crippen LogP contribution in [0.1, 0.15) is 18.7 Å². The summed E-state index contributed by atoms with van der Waals surface area (Å²) in [6.07, 6.45) is 1.67. The van der Waals surface area contributed by atoms with E-state index in [1.165, 1.54) is 6.07 Å². The van der Waals surface area contributed by atoms with Crippen LogP contribution in [0.2, 0.25) is 15.1 Å². The van der Waals surface area contributed by atoms with Gasteiger partial charge in [-0.25, -0.2) is 0 Å². The molecule has 162 valence electrons. The highest BCUT2D eigenvalue weighted by molar-refractivity contribution is 9.10. The minimum atomic E-state index is -0.188. The molecule has 1 N–H and O–H groups in total. The van der Waals surface area contributed by atoms with Crippen molar-refractivity contribution < 1.29 is 9.32 Å². The van der Waals surface area contributed by atoms with E-state index in [2.05, 4.69) is 36.3 Å². The van der Waals surface area contributed by atoms with Crippen molar-refractivity contribution in [2.45, 2.75) is 19.4 Å². The fourth-order valence-corrected chi connectivity index (χ4v) is 4.51. The first-order chi connectivity index (χ1) is 14.9. The van der Waals surface area contributed by atoms with E-state index in [4.69, 9.17) is 39.3 Å². The Balaban J connectivity index is 1.39. The average Bonchev–Trinajstić information content (AvgIpc) is 3.20. The molecular weight excluding hydrogens is 527 g/mol. The first-order valence-corrected chi connectivity index (χ1v) is 11.6. The van der Waals surface area contributed by atoms with Crippen molar-refractivity contribution in [3.63, 3.8) is 0 Å². The van der Waals surface area contributed by atoms with Crippen LogP contribution in [0, 0.1) is 5.92 Å². The second-order valence-corrected chi connectivity index (χ2v) is 9.47. The zero-order chi connectivity index (χ0) is 22.0. The lowest BCUT2D eigenvalue weighted by molar-refractivity contribution is -0.121. The van der Waals surface area contributed by atoms with E-state index in [1.54, 1.807) is 6.07 Å². The second-order valence-electron chi connectivity index (χ2n) is 7.33. The van der Waals surface area contributed by atoms with Gasteiger partial charge in [0.25, 0.3) is 0 Å². The van der Waals surface area contributed by atoms with Gasteiger partial charge in [-0.1, -0.05) is 68.0 Å². The lowest BCUT2D eigenvalue weighted by Crippen LogP contribution is -2.40. The summed E-state index contributed by atoms with van der Waals surface area (Å²) in [5.74, 6) is 0.762. The van der Waals surface area contributed by atoms with Gasteiger partial charge >= 0.3 is 0 Å². The van der Waals surface area contributed by atoms with Crippen molar-refractivity contribution in [2.24, 2.45) is 5.92 Å². The summed E-state index contributed by atoms with van der Waals surface area (Å²) >= 11 is 21.6. The Hall–Kier alpha value is -1.64. The molecular formula is C21H18BrCl3N4O2. The van der Waals surface area contributed by atoms with Gasteiger partial charge in [-0.3, -0.25) is 9.69 Å². The van der Waals surface area contributed by atoms with Crippen LogP contribution in [0.4, 0.5) is 5.69 Å². The SMILES string of the molecule is O=C(Nc1cc(Cl)c(Cl)cc1Cl)C1CCCN(Cc2nc(-c3cccc(Br)c3)no2)C1. The third-order valence-corrected chi connectivity index (χ3v) is 6.58. The number of carbonyl (C=O) groups excluding carboxylic acids is 1. The van der Waals surface area contributed by atoms with Gasteiger partial charge in [0.05, 0.1) is 33.2 Å². The number of anilines is 1. The number of hydrogen-bond acceptors (Lipinski definition) is 5.